The SMILES string of the molecule is CC(=O)N(C(C)=O)C(C[C@H]1CCC2=Cc3c(cnn3-c3ccc(F)cc3)C[C@@]21C)c1ccc(Cl)cc1. The van der Waals surface area contributed by atoms with Gasteiger partial charge in [0.05, 0.1) is 23.6 Å². The number of imide groups is 1. The number of benzene rings is 2. The molecule has 0 saturated heterocycles. The van der Waals surface area contributed by atoms with Crippen LogP contribution in [0, 0.1) is 17.2 Å². The van der Waals surface area contributed by atoms with Crippen LogP contribution in [0.25, 0.3) is 11.8 Å². The molecular weight excluding hydrogens is 477 g/mol. The van der Waals surface area contributed by atoms with E-state index in [1.54, 1.807) is 24.3 Å². The number of hydrogen-bond acceptors (Lipinski definition) is 3. The Morgan fingerprint density at radius 1 is 1.14 bits per heavy atom. The number of halogens is 2. The lowest BCUT2D eigenvalue weighted by Gasteiger charge is -2.39. The summed E-state index contributed by atoms with van der Waals surface area (Å²) in [4.78, 5) is 26.5. The molecule has 1 fully saturated rings. The van der Waals surface area contributed by atoms with Crippen molar-refractivity contribution in [3.63, 3.8) is 0 Å². The van der Waals surface area contributed by atoms with Gasteiger partial charge in [-0.25, -0.2) is 9.07 Å². The molecule has 1 aromatic heterocycles. The standard InChI is InChI=1S/C29H29ClFN3O2/c1-18(35)33(19(2)36)27(20-4-8-24(30)9-5-20)14-22-6-7-23-15-28-21(16-29(22,23)3)17-32-34(28)26-12-10-25(31)11-13-26/h4-5,8-13,15,17,22,27H,6-7,14,16H2,1-3H3/t22-,27?,29-/m1/s1. The van der Waals surface area contributed by atoms with Gasteiger partial charge in [0, 0.05) is 18.9 Å². The molecule has 3 atom stereocenters. The Hall–Kier alpha value is -3.25. The lowest BCUT2D eigenvalue weighted by molar-refractivity contribution is -0.145. The summed E-state index contributed by atoms with van der Waals surface area (Å²) in [5.74, 6) is -0.515. The van der Waals surface area contributed by atoms with Crippen molar-refractivity contribution in [1.29, 1.82) is 0 Å². The fraction of sp³-hybridized carbons (Fsp3) is 0.345. The molecule has 186 valence electrons. The highest BCUT2D eigenvalue weighted by Gasteiger charge is 2.47. The second kappa shape index (κ2) is 9.32. The fourth-order valence-electron chi connectivity index (χ4n) is 6.11. The van der Waals surface area contributed by atoms with Crippen molar-refractivity contribution in [2.24, 2.45) is 11.3 Å². The van der Waals surface area contributed by atoms with Crippen LogP contribution in [-0.4, -0.2) is 26.5 Å². The molecule has 1 unspecified atom stereocenters. The highest BCUT2D eigenvalue weighted by Crippen LogP contribution is 2.56. The minimum atomic E-state index is -0.359. The Labute approximate surface area is 215 Å². The summed E-state index contributed by atoms with van der Waals surface area (Å²) >= 11 is 6.13. The van der Waals surface area contributed by atoms with Crippen molar-refractivity contribution >= 4 is 29.5 Å². The summed E-state index contributed by atoms with van der Waals surface area (Å²) in [6.45, 7) is 5.19. The van der Waals surface area contributed by atoms with Crippen LogP contribution in [0.15, 0.2) is 60.3 Å². The van der Waals surface area contributed by atoms with Gasteiger partial charge in [-0.1, -0.05) is 36.2 Å². The molecule has 0 spiro atoms. The van der Waals surface area contributed by atoms with Crippen molar-refractivity contribution in [3.8, 4) is 5.69 Å². The van der Waals surface area contributed by atoms with Crippen LogP contribution in [0.3, 0.4) is 0 Å². The molecule has 1 heterocycles. The molecule has 2 aliphatic carbocycles. The normalized spacial score (nSPS) is 21.4. The maximum Gasteiger partial charge on any atom is 0.226 e. The maximum absolute atomic E-state index is 13.4. The van der Waals surface area contributed by atoms with Gasteiger partial charge in [-0.2, -0.15) is 5.10 Å². The summed E-state index contributed by atoms with van der Waals surface area (Å²) in [6.07, 6.45) is 7.57. The molecule has 0 N–H and O–H groups in total. The summed E-state index contributed by atoms with van der Waals surface area (Å²) in [7, 11) is 0. The topological polar surface area (TPSA) is 55.2 Å². The number of rotatable bonds is 5. The quantitative estimate of drug-likeness (QED) is 0.395. The Kier molecular flexibility index (Phi) is 6.33. The number of carbonyl (C=O) groups is 2. The molecule has 0 bridgehead atoms. The van der Waals surface area contributed by atoms with E-state index in [2.05, 4.69) is 18.1 Å². The fourth-order valence-corrected chi connectivity index (χ4v) is 6.23. The van der Waals surface area contributed by atoms with Gasteiger partial charge in [0.1, 0.15) is 5.82 Å². The van der Waals surface area contributed by atoms with Crippen molar-refractivity contribution in [3.05, 3.63) is 88.0 Å². The third-order valence-electron chi connectivity index (χ3n) is 7.98. The van der Waals surface area contributed by atoms with Gasteiger partial charge >= 0.3 is 0 Å². The van der Waals surface area contributed by atoms with Crippen LogP contribution >= 0.6 is 11.6 Å². The number of nitrogens with zero attached hydrogens (tertiary/aromatic N) is 3. The monoisotopic (exact) mass is 505 g/mol. The molecule has 1 saturated carbocycles. The van der Waals surface area contributed by atoms with E-state index >= 15 is 0 Å². The van der Waals surface area contributed by atoms with E-state index in [4.69, 9.17) is 11.6 Å². The molecule has 36 heavy (non-hydrogen) atoms. The average molecular weight is 506 g/mol. The summed E-state index contributed by atoms with van der Waals surface area (Å²) < 4.78 is 15.3. The number of fused-ring (bicyclic) bond motifs is 2. The molecule has 5 rings (SSSR count). The van der Waals surface area contributed by atoms with Gasteiger partial charge in [-0.3, -0.25) is 14.5 Å². The third kappa shape index (κ3) is 4.28. The van der Waals surface area contributed by atoms with E-state index in [-0.39, 0.29) is 35.0 Å². The molecule has 0 radical (unpaired) electrons. The summed E-state index contributed by atoms with van der Waals surface area (Å²) in [6, 6.07) is 13.4. The highest BCUT2D eigenvalue weighted by atomic mass is 35.5. The van der Waals surface area contributed by atoms with E-state index < -0.39 is 0 Å². The van der Waals surface area contributed by atoms with Gasteiger partial charge in [0.2, 0.25) is 11.8 Å². The second-order valence-corrected chi connectivity index (χ2v) is 10.6. The van der Waals surface area contributed by atoms with Crippen molar-refractivity contribution in [1.82, 2.24) is 14.7 Å². The Morgan fingerprint density at radius 2 is 1.81 bits per heavy atom. The van der Waals surface area contributed by atoms with E-state index in [1.807, 2.05) is 23.0 Å². The van der Waals surface area contributed by atoms with Gasteiger partial charge in [-0.05, 0) is 90.6 Å². The van der Waals surface area contributed by atoms with Crippen LogP contribution in [0.1, 0.15) is 62.9 Å². The first-order valence-electron chi connectivity index (χ1n) is 12.3. The van der Waals surface area contributed by atoms with Crippen LogP contribution in [0.4, 0.5) is 4.39 Å². The molecule has 7 heteroatoms. The highest BCUT2D eigenvalue weighted by molar-refractivity contribution is 6.30. The zero-order valence-electron chi connectivity index (χ0n) is 20.7. The number of amides is 2. The van der Waals surface area contributed by atoms with E-state index in [9.17, 15) is 14.0 Å². The minimum absolute atomic E-state index is 0.104. The Balaban J connectivity index is 1.48. The lowest BCUT2D eigenvalue weighted by Crippen LogP contribution is -2.39. The third-order valence-corrected chi connectivity index (χ3v) is 8.23. The van der Waals surface area contributed by atoms with E-state index in [0.717, 1.165) is 41.8 Å². The predicted octanol–water partition coefficient (Wildman–Crippen LogP) is 6.55. The number of carbonyl (C=O) groups excluding carboxylic acids is 2. The van der Waals surface area contributed by atoms with Crippen LogP contribution < -0.4 is 0 Å². The first-order valence-corrected chi connectivity index (χ1v) is 12.6. The number of allylic oxidation sites excluding steroid dienone is 1. The minimum Gasteiger partial charge on any atom is -0.275 e. The maximum atomic E-state index is 13.4. The molecule has 2 aromatic carbocycles. The van der Waals surface area contributed by atoms with Gasteiger partial charge in [0.25, 0.3) is 0 Å². The first-order chi connectivity index (χ1) is 17.2. The average Bonchev–Trinajstić information content (AvgIpc) is 3.37. The van der Waals surface area contributed by atoms with Crippen molar-refractivity contribution in [2.45, 2.75) is 52.5 Å². The zero-order chi connectivity index (χ0) is 25.6. The Bertz CT molecular complexity index is 1330. The van der Waals surface area contributed by atoms with Crippen LogP contribution in [0.2, 0.25) is 5.02 Å². The molecule has 2 aliphatic rings. The summed E-state index contributed by atoms with van der Waals surface area (Å²) in [5.41, 5.74) is 5.18. The van der Waals surface area contributed by atoms with Crippen molar-refractivity contribution in [2.75, 3.05) is 0 Å². The molecule has 3 aromatic rings. The van der Waals surface area contributed by atoms with E-state index in [0.29, 0.717) is 11.4 Å². The smallest absolute Gasteiger partial charge is 0.226 e. The second-order valence-electron chi connectivity index (χ2n) is 10.2. The van der Waals surface area contributed by atoms with Crippen LogP contribution in [-0.2, 0) is 16.0 Å². The van der Waals surface area contributed by atoms with Gasteiger partial charge < -0.3 is 0 Å². The predicted molar refractivity (Wildman–Crippen MR) is 138 cm³/mol. The largest absolute Gasteiger partial charge is 0.275 e. The molecular formula is C29H29ClFN3O2. The lowest BCUT2D eigenvalue weighted by atomic mass is 9.68. The first kappa shape index (κ1) is 24.4. The van der Waals surface area contributed by atoms with Gasteiger partial charge in [0.15, 0.2) is 0 Å². The van der Waals surface area contributed by atoms with Gasteiger partial charge in [-0.15, -0.1) is 0 Å². The molecule has 2 amide bonds. The Morgan fingerprint density at radius 3 is 2.44 bits per heavy atom. The van der Waals surface area contributed by atoms with Crippen molar-refractivity contribution < 1.29 is 14.0 Å². The molecule has 5 nitrogen and oxygen atoms in total. The van der Waals surface area contributed by atoms with Crippen LogP contribution in [0.5, 0.6) is 0 Å². The number of aromatic nitrogens is 2. The zero-order valence-corrected chi connectivity index (χ0v) is 21.4. The number of hydrogen-bond donors (Lipinski definition) is 0. The van der Waals surface area contributed by atoms with E-state index in [1.165, 1.54) is 36.5 Å². The molecule has 0 aliphatic heterocycles. The summed E-state index contributed by atoms with van der Waals surface area (Å²) in [5, 5.41) is 5.23.